The van der Waals surface area contributed by atoms with Crippen LogP contribution in [0.15, 0.2) is 36.9 Å². The van der Waals surface area contributed by atoms with Crippen molar-refractivity contribution in [3.8, 4) is 0 Å². The number of hydrogen-bond acceptors (Lipinski definition) is 2. The number of carbonyl (C=O) groups is 1. The fourth-order valence-electron chi connectivity index (χ4n) is 1.43. The molecule has 0 aromatic heterocycles. The Labute approximate surface area is 95.8 Å². The molecular weight excluding hydrogens is 202 g/mol. The highest BCUT2D eigenvalue weighted by Crippen LogP contribution is 2.06. The number of carboxylic acids is 1. The topological polar surface area (TPSA) is 49.3 Å². The fraction of sp³-hybridized carbons (Fsp3) is 0.308. The van der Waals surface area contributed by atoms with Crippen LogP contribution in [0.5, 0.6) is 0 Å². The molecule has 2 N–H and O–H groups in total. The predicted molar refractivity (Wildman–Crippen MR) is 64.5 cm³/mol. The van der Waals surface area contributed by atoms with Gasteiger partial charge in [0, 0.05) is 6.54 Å². The summed E-state index contributed by atoms with van der Waals surface area (Å²) in [5.41, 5.74) is 2.20. The van der Waals surface area contributed by atoms with Crippen molar-refractivity contribution in [1.82, 2.24) is 5.32 Å². The summed E-state index contributed by atoms with van der Waals surface area (Å²) in [5.74, 6) is -0.831. The van der Waals surface area contributed by atoms with Gasteiger partial charge in [-0.15, -0.1) is 6.58 Å². The molecule has 0 aliphatic heterocycles. The second kappa shape index (κ2) is 6.08. The number of benzene rings is 1. The quantitative estimate of drug-likeness (QED) is 0.717. The molecule has 16 heavy (non-hydrogen) atoms. The van der Waals surface area contributed by atoms with E-state index in [2.05, 4.69) is 11.9 Å². The van der Waals surface area contributed by atoms with E-state index in [1.54, 1.807) is 6.08 Å². The lowest BCUT2D eigenvalue weighted by molar-refractivity contribution is -0.139. The molecule has 3 heteroatoms. The summed E-state index contributed by atoms with van der Waals surface area (Å²) < 4.78 is 0. The van der Waals surface area contributed by atoms with Crippen LogP contribution in [-0.4, -0.2) is 23.7 Å². The number of hydrogen-bond donors (Lipinski definition) is 2. The molecule has 1 aromatic rings. The van der Waals surface area contributed by atoms with Crippen LogP contribution in [0.2, 0.25) is 0 Å². The summed E-state index contributed by atoms with van der Waals surface area (Å²) in [6.07, 6.45) is 2.15. The molecule has 0 bridgehead atoms. The summed E-state index contributed by atoms with van der Waals surface area (Å²) in [5, 5.41) is 11.9. The van der Waals surface area contributed by atoms with Crippen molar-refractivity contribution >= 4 is 5.97 Å². The lowest BCUT2D eigenvalue weighted by atomic mass is 10.0. The number of aryl methyl sites for hydroxylation is 1. The van der Waals surface area contributed by atoms with Crippen molar-refractivity contribution in [3.05, 3.63) is 48.0 Å². The normalized spacial score (nSPS) is 12.1. The van der Waals surface area contributed by atoms with E-state index in [9.17, 15) is 4.79 Å². The highest BCUT2D eigenvalue weighted by Gasteiger charge is 2.16. The van der Waals surface area contributed by atoms with Crippen LogP contribution in [0.1, 0.15) is 11.1 Å². The van der Waals surface area contributed by atoms with Gasteiger partial charge in [-0.25, -0.2) is 0 Å². The molecule has 1 rings (SSSR count). The van der Waals surface area contributed by atoms with Crippen molar-refractivity contribution in [2.45, 2.75) is 19.4 Å². The summed E-state index contributed by atoms with van der Waals surface area (Å²) >= 11 is 0. The molecule has 0 heterocycles. The van der Waals surface area contributed by atoms with Gasteiger partial charge in [0.1, 0.15) is 6.04 Å². The molecule has 3 nitrogen and oxygen atoms in total. The largest absolute Gasteiger partial charge is 0.480 e. The van der Waals surface area contributed by atoms with Gasteiger partial charge in [-0.2, -0.15) is 0 Å². The number of rotatable bonds is 6. The first-order valence-corrected chi connectivity index (χ1v) is 5.26. The van der Waals surface area contributed by atoms with Gasteiger partial charge in [-0.3, -0.25) is 4.79 Å². The van der Waals surface area contributed by atoms with Crippen LogP contribution < -0.4 is 5.32 Å². The van der Waals surface area contributed by atoms with E-state index >= 15 is 0 Å². The first kappa shape index (κ1) is 12.5. The van der Waals surface area contributed by atoms with Gasteiger partial charge in [0.15, 0.2) is 0 Å². The van der Waals surface area contributed by atoms with Gasteiger partial charge >= 0.3 is 5.97 Å². The highest BCUT2D eigenvalue weighted by atomic mass is 16.4. The molecule has 0 amide bonds. The molecule has 0 unspecified atom stereocenters. The average molecular weight is 219 g/mol. The Morgan fingerprint density at radius 2 is 2.12 bits per heavy atom. The van der Waals surface area contributed by atoms with E-state index in [1.807, 2.05) is 31.2 Å². The van der Waals surface area contributed by atoms with Crippen molar-refractivity contribution in [3.63, 3.8) is 0 Å². The number of nitrogens with one attached hydrogen (secondary N) is 1. The maximum absolute atomic E-state index is 11.0. The van der Waals surface area contributed by atoms with Crippen LogP contribution in [0.3, 0.4) is 0 Å². The lowest BCUT2D eigenvalue weighted by Gasteiger charge is -2.13. The Bertz CT molecular complexity index is 357. The molecule has 0 radical (unpaired) electrons. The van der Waals surface area contributed by atoms with Crippen LogP contribution in [0.4, 0.5) is 0 Å². The second-order valence-electron chi connectivity index (χ2n) is 3.78. The molecule has 1 aromatic carbocycles. The zero-order valence-corrected chi connectivity index (χ0v) is 9.44. The molecule has 0 aliphatic rings. The minimum Gasteiger partial charge on any atom is -0.480 e. The van der Waals surface area contributed by atoms with E-state index in [0.717, 1.165) is 5.56 Å². The van der Waals surface area contributed by atoms with E-state index in [4.69, 9.17) is 5.11 Å². The fourth-order valence-corrected chi connectivity index (χ4v) is 1.43. The second-order valence-corrected chi connectivity index (χ2v) is 3.78. The maximum Gasteiger partial charge on any atom is 0.321 e. The molecule has 0 saturated heterocycles. The summed E-state index contributed by atoms with van der Waals surface area (Å²) in [7, 11) is 0. The van der Waals surface area contributed by atoms with Crippen LogP contribution in [0, 0.1) is 6.92 Å². The van der Waals surface area contributed by atoms with E-state index in [0.29, 0.717) is 13.0 Å². The van der Waals surface area contributed by atoms with Crippen molar-refractivity contribution in [1.29, 1.82) is 0 Å². The number of carboxylic acid groups (broad SMARTS) is 1. The lowest BCUT2D eigenvalue weighted by Crippen LogP contribution is -2.38. The summed E-state index contributed by atoms with van der Waals surface area (Å²) in [6.45, 7) is 6.07. The monoisotopic (exact) mass is 219 g/mol. The van der Waals surface area contributed by atoms with Crippen LogP contribution >= 0.6 is 0 Å². The standard InChI is InChI=1S/C13H17NO2/c1-3-8-14-12(13(15)16)9-11-6-4-10(2)5-7-11/h3-7,12,14H,1,8-9H2,2H3,(H,15,16)/t12-/m0/s1. The van der Waals surface area contributed by atoms with Crippen molar-refractivity contribution in [2.75, 3.05) is 6.54 Å². The predicted octanol–water partition coefficient (Wildman–Crippen LogP) is 1.77. The maximum atomic E-state index is 11.0. The van der Waals surface area contributed by atoms with Gasteiger partial charge in [-0.05, 0) is 18.9 Å². The molecular formula is C13H17NO2. The Kier molecular flexibility index (Phi) is 4.73. The molecule has 0 aliphatic carbocycles. The van der Waals surface area contributed by atoms with Gasteiger partial charge in [-0.1, -0.05) is 35.9 Å². The molecule has 0 spiro atoms. The zero-order chi connectivity index (χ0) is 12.0. The van der Waals surface area contributed by atoms with Crippen molar-refractivity contribution < 1.29 is 9.90 Å². The summed E-state index contributed by atoms with van der Waals surface area (Å²) in [6, 6.07) is 7.34. The summed E-state index contributed by atoms with van der Waals surface area (Å²) in [4.78, 5) is 11.0. The molecule has 0 saturated carbocycles. The zero-order valence-electron chi connectivity index (χ0n) is 9.44. The Morgan fingerprint density at radius 1 is 1.50 bits per heavy atom. The minimum atomic E-state index is -0.831. The molecule has 86 valence electrons. The third-order valence-electron chi connectivity index (χ3n) is 2.37. The van der Waals surface area contributed by atoms with E-state index in [1.165, 1.54) is 5.56 Å². The van der Waals surface area contributed by atoms with E-state index < -0.39 is 12.0 Å². The molecule has 0 fully saturated rings. The van der Waals surface area contributed by atoms with Crippen LogP contribution in [0.25, 0.3) is 0 Å². The Morgan fingerprint density at radius 3 is 2.62 bits per heavy atom. The SMILES string of the molecule is C=CCN[C@@H](Cc1ccc(C)cc1)C(=O)O. The van der Waals surface area contributed by atoms with Gasteiger partial charge < -0.3 is 10.4 Å². The smallest absolute Gasteiger partial charge is 0.321 e. The first-order chi connectivity index (χ1) is 7.63. The van der Waals surface area contributed by atoms with E-state index in [-0.39, 0.29) is 0 Å². The molecule has 1 atom stereocenters. The Balaban J connectivity index is 2.63. The highest BCUT2D eigenvalue weighted by molar-refractivity contribution is 5.73. The third kappa shape index (κ3) is 3.87. The number of aliphatic carboxylic acids is 1. The average Bonchev–Trinajstić information content (AvgIpc) is 2.26. The third-order valence-corrected chi connectivity index (χ3v) is 2.37. The first-order valence-electron chi connectivity index (χ1n) is 5.26. The van der Waals surface area contributed by atoms with Crippen molar-refractivity contribution in [2.24, 2.45) is 0 Å². The van der Waals surface area contributed by atoms with Gasteiger partial charge in [0.05, 0.1) is 0 Å². The van der Waals surface area contributed by atoms with Gasteiger partial charge in [0.25, 0.3) is 0 Å². The van der Waals surface area contributed by atoms with Gasteiger partial charge in [0.2, 0.25) is 0 Å². The van der Waals surface area contributed by atoms with Crippen LogP contribution in [-0.2, 0) is 11.2 Å². The Hall–Kier alpha value is -1.61. The minimum absolute atomic E-state index is 0.490.